The number of hydrogen-bond acceptors (Lipinski definition) is 9. The molecule has 0 unspecified atom stereocenters. The van der Waals surface area contributed by atoms with Crippen LogP contribution < -0.4 is 20.4 Å². The van der Waals surface area contributed by atoms with E-state index in [4.69, 9.17) is 4.74 Å². The highest BCUT2D eigenvalue weighted by molar-refractivity contribution is 7.18. The van der Waals surface area contributed by atoms with Crippen molar-refractivity contribution in [1.82, 2.24) is 4.98 Å². The minimum Gasteiger partial charge on any atom is -0.497 e. The molecule has 3 aromatic carbocycles. The van der Waals surface area contributed by atoms with Gasteiger partial charge in [0.25, 0.3) is 11.6 Å². The molecule has 1 heterocycles. The molecule has 1 amide bonds. The van der Waals surface area contributed by atoms with Crippen LogP contribution in [-0.4, -0.2) is 43.2 Å². The molecule has 37 heavy (non-hydrogen) atoms. The number of aromatic nitrogens is 1. The van der Waals surface area contributed by atoms with Crippen LogP contribution in [0.4, 0.5) is 22.2 Å². The Kier molecular flexibility index (Phi) is 7.74. The second-order valence-electron chi connectivity index (χ2n) is 8.04. The number of thiazole rings is 1. The molecular weight excluding hydrogens is 492 g/mol. The van der Waals surface area contributed by atoms with Crippen LogP contribution in [0.1, 0.15) is 15.2 Å². The number of nitro groups is 1. The standard InChI is InChI=1S/C26H24N6O4S/c1-31(2)20-11-7-17(8-12-20)16-27-30-26-29-23(18-9-13-21(14-10-18)32(34)35)24(37-26)25(33)28-19-5-4-6-22(15-19)36-3/h4-16H,1-3H3,(H,28,33)(H,29,30)/b27-16+. The number of hydrazone groups is 1. The molecule has 10 nitrogen and oxygen atoms in total. The van der Waals surface area contributed by atoms with Gasteiger partial charge >= 0.3 is 0 Å². The lowest BCUT2D eigenvalue weighted by atomic mass is 10.1. The summed E-state index contributed by atoms with van der Waals surface area (Å²) in [4.78, 5) is 30.7. The molecule has 0 atom stereocenters. The quantitative estimate of drug-likeness (QED) is 0.171. The van der Waals surface area contributed by atoms with Gasteiger partial charge in [-0.05, 0) is 42.0 Å². The number of nitrogens with one attached hydrogen (secondary N) is 2. The second kappa shape index (κ2) is 11.3. The minimum absolute atomic E-state index is 0.0513. The highest BCUT2D eigenvalue weighted by atomic mass is 32.1. The fourth-order valence-corrected chi connectivity index (χ4v) is 4.20. The Hall–Kier alpha value is -4.77. The molecule has 1 aromatic heterocycles. The van der Waals surface area contributed by atoms with Gasteiger partial charge in [0, 0.05) is 49.2 Å². The van der Waals surface area contributed by atoms with Gasteiger partial charge in [-0.2, -0.15) is 5.10 Å². The van der Waals surface area contributed by atoms with Gasteiger partial charge in [0.2, 0.25) is 5.13 Å². The average Bonchev–Trinajstić information content (AvgIpc) is 3.33. The fourth-order valence-electron chi connectivity index (χ4n) is 3.37. The number of hydrogen-bond donors (Lipinski definition) is 2. The molecule has 4 rings (SSSR count). The fraction of sp³-hybridized carbons (Fsp3) is 0.115. The van der Waals surface area contributed by atoms with E-state index in [1.807, 2.05) is 43.3 Å². The van der Waals surface area contributed by atoms with Crippen LogP contribution in [0.15, 0.2) is 77.9 Å². The number of ether oxygens (including phenoxy) is 1. The van der Waals surface area contributed by atoms with Crippen molar-refractivity contribution >= 4 is 45.7 Å². The molecule has 0 aliphatic carbocycles. The summed E-state index contributed by atoms with van der Waals surface area (Å²) in [6.07, 6.45) is 1.66. The Morgan fingerprint density at radius 3 is 2.49 bits per heavy atom. The van der Waals surface area contributed by atoms with Crippen LogP contribution in [0.25, 0.3) is 11.3 Å². The minimum atomic E-state index is -0.478. The Bertz CT molecular complexity index is 1430. The predicted octanol–water partition coefficient (Wildman–Crippen LogP) is 5.49. The summed E-state index contributed by atoms with van der Waals surface area (Å²) in [5.41, 5.74) is 6.30. The molecule has 4 aromatic rings. The SMILES string of the molecule is COc1cccc(NC(=O)c2sc(N/N=C/c3ccc(N(C)C)cc3)nc2-c2ccc([N+](=O)[O-])cc2)c1. The zero-order valence-electron chi connectivity index (χ0n) is 20.3. The van der Waals surface area contributed by atoms with Crippen LogP contribution >= 0.6 is 11.3 Å². The summed E-state index contributed by atoms with van der Waals surface area (Å²) in [6.45, 7) is 0. The van der Waals surface area contributed by atoms with Gasteiger partial charge in [-0.25, -0.2) is 4.98 Å². The van der Waals surface area contributed by atoms with Crippen molar-refractivity contribution in [2.24, 2.45) is 5.10 Å². The average molecular weight is 517 g/mol. The summed E-state index contributed by atoms with van der Waals surface area (Å²) in [7, 11) is 5.49. The monoisotopic (exact) mass is 516 g/mol. The molecule has 0 aliphatic rings. The number of amides is 1. The first-order chi connectivity index (χ1) is 17.8. The van der Waals surface area contributed by atoms with Crippen molar-refractivity contribution in [2.45, 2.75) is 0 Å². The Morgan fingerprint density at radius 2 is 1.84 bits per heavy atom. The van der Waals surface area contributed by atoms with E-state index >= 15 is 0 Å². The number of nitro benzene ring substituents is 1. The third-order valence-corrected chi connectivity index (χ3v) is 6.25. The van der Waals surface area contributed by atoms with Gasteiger partial charge in [-0.15, -0.1) is 0 Å². The molecule has 0 spiro atoms. The molecule has 0 aliphatic heterocycles. The normalized spacial score (nSPS) is 10.8. The Labute approximate surface area is 217 Å². The van der Waals surface area contributed by atoms with Gasteiger partial charge < -0.3 is 15.0 Å². The maximum atomic E-state index is 13.2. The number of carbonyl (C=O) groups excluding carboxylic acids is 1. The zero-order chi connectivity index (χ0) is 26.4. The number of rotatable bonds is 9. The molecule has 0 saturated heterocycles. The predicted molar refractivity (Wildman–Crippen MR) is 147 cm³/mol. The van der Waals surface area contributed by atoms with E-state index in [0.29, 0.717) is 32.7 Å². The van der Waals surface area contributed by atoms with Crippen LogP contribution in [0.2, 0.25) is 0 Å². The number of methoxy groups -OCH3 is 1. The van der Waals surface area contributed by atoms with E-state index in [1.54, 1.807) is 49.7 Å². The molecule has 188 valence electrons. The van der Waals surface area contributed by atoms with Gasteiger partial charge in [0.05, 0.1) is 23.9 Å². The van der Waals surface area contributed by atoms with Crippen molar-refractivity contribution in [1.29, 1.82) is 0 Å². The van der Waals surface area contributed by atoms with Crippen molar-refractivity contribution < 1.29 is 14.5 Å². The van der Waals surface area contributed by atoms with Crippen molar-refractivity contribution in [2.75, 3.05) is 36.8 Å². The largest absolute Gasteiger partial charge is 0.497 e. The van der Waals surface area contributed by atoms with Gasteiger partial charge in [0.15, 0.2) is 0 Å². The van der Waals surface area contributed by atoms with Crippen molar-refractivity contribution in [3.63, 3.8) is 0 Å². The summed E-state index contributed by atoms with van der Waals surface area (Å²) in [6, 6.07) is 20.7. The summed E-state index contributed by atoms with van der Waals surface area (Å²) < 4.78 is 5.22. The smallest absolute Gasteiger partial charge is 0.269 e. The topological polar surface area (TPSA) is 122 Å². The third kappa shape index (κ3) is 6.27. The zero-order valence-corrected chi connectivity index (χ0v) is 21.2. The number of anilines is 3. The maximum Gasteiger partial charge on any atom is 0.269 e. The third-order valence-electron chi connectivity index (χ3n) is 5.30. The maximum absolute atomic E-state index is 13.2. The molecule has 0 saturated carbocycles. The molecular formula is C26H24N6O4S. The lowest BCUT2D eigenvalue weighted by Crippen LogP contribution is -2.11. The van der Waals surface area contributed by atoms with Crippen LogP contribution in [-0.2, 0) is 0 Å². The van der Waals surface area contributed by atoms with E-state index in [1.165, 1.54) is 12.1 Å². The molecule has 2 N–H and O–H groups in total. The number of non-ortho nitro benzene ring substituents is 1. The van der Waals surface area contributed by atoms with Gasteiger partial charge in [-0.1, -0.05) is 29.5 Å². The number of benzene rings is 3. The van der Waals surface area contributed by atoms with Gasteiger partial charge in [0.1, 0.15) is 10.6 Å². The van der Waals surface area contributed by atoms with E-state index in [9.17, 15) is 14.9 Å². The first kappa shape index (κ1) is 25.3. The summed E-state index contributed by atoms with van der Waals surface area (Å²) in [5, 5.41) is 18.6. The van der Waals surface area contributed by atoms with E-state index in [0.717, 1.165) is 22.6 Å². The number of carbonyl (C=O) groups is 1. The van der Waals surface area contributed by atoms with Crippen LogP contribution in [0.5, 0.6) is 5.75 Å². The van der Waals surface area contributed by atoms with Crippen molar-refractivity contribution in [3.05, 3.63) is 93.4 Å². The van der Waals surface area contributed by atoms with E-state index in [-0.39, 0.29) is 11.6 Å². The Balaban J connectivity index is 1.60. The van der Waals surface area contributed by atoms with Crippen LogP contribution in [0.3, 0.4) is 0 Å². The van der Waals surface area contributed by atoms with Gasteiger partial charge in [-0.3, -0.25) is 20.3 Å². The first-order valence-electron chi connectivity index (χ1n) is 11.1. The summed E-state index contributed by atoms with van der Waals surface area (Å²) in [5.74, 6) is 0.225. The van der Waals surface area contributed by atoms with E-state index in [2.05, 4.69) is 20.8 Å². The Morgan fingerprint density at radius 1 is 1.11 bits per heavy atom. The summed E-state index contributed by atoms with van der Waals surface area (Å²) >= 11 is 1.12. The van der Waals surface area contributed by atoms with E-state index < -0.39 is 4.92 Å². The first-order valence-corrected chi connectivity index (χ1v) is 11.9. The molecule has 0 radical (unpaired) electrons. The molecule has 0 bridgehead atoms. The second-order valence-corrected chi connectivity index (χ2v) is 9.04. The van der Waals surface area contributed by atoms with Crippen molar-refractivity contribution in [3.8, 4) is 17.0 Å². The molecule has 0 fully saturated rings. The lowest BCUT2D eigenvalue weighted by molar-refractivity contribution is -0.384. The highest BCUT2D eigenvalue weighted by Crippen LogP contribution is 2.33. The molecule has 11 heteroatoms. The number of nitrogens with zero attached hydrogens (tertiary/aromatic N) is 4. The lowest BCUT2D eigenvalue weighted by Gasteiger charge is -2.11. The van der Waals surface area contributed by atoms with Crippen LogP contribution in [0, 0.1) is 10.1 Å². The highest BCUT2D eigenvalue weighted by Gasteiger charge is 2.21.